The number of nitrogens with zero attached hydrogens (tertiary/aromatic N) is 2. The van der Waals surface area contributed by atoms with Gasteiger partial charge in [-0.05, 0) is 51.1 Å². The van der Waals surface area contributed by atoms with Crippen molar-refractivity contribution in [1.29, 1.82) is 0 Å². The number of alkyl halides is 1. The molecule has 0 bridgehead atoms. The molecule has 0 aliphatic rings. The predicted octanol–water partition coefficient (Wildman–Crippen LogP) is 6.08. The van der Waals surface area contributed by atoms with Crippen LogP contribution in [-0.4, -0.2) is 9.55 Å². The zero-order chi connectivity index (χ0) is 15.1. The summed E-state index contributed by atoms with van der Waals surface area (Å²) in [5.74, 6) is 0.920. The van der Waals surface area contributed by atoms with Gasteiger partial charge in [0, 0.05) is 14.2 Å². The highest BCUT2D eigenvalue weighted by molar-refractivity contribution is 9.10. The molecule has 2 atom stereocenters. The van der Waals surface area contributed by atoms with Crippen LogP contribution in [0.3, 0.4) is 0 Å². The summed E-state index contributed by atoms with van der Waals surface area (Å²) in [6, 6.07) is 10.8. The van der Waals surface area contributed by atoms with Crippen LogP contribution in [0.5, 0.6) is 0 Å². The molecule has 0 saturated heterocycles. The summed E-state index contributed by atoms with van der Waals surface area (Å²) in [5, 5.41) is -0.125. The Morgan fingerprint density at radius 3 is 2.62 bits per heavy atom. The highest BCUT2D eigenvalue weighted by Gasteiger charge is 2.21. The highest BCUT2D eigenvalue weighted by Crippen LogP contribution is 2.34. The predicted molar refractivity (Wildman–Crippen MR) is 94.6 cm³/mol. The first kappa shape index (κ1) is 15.1. The van der Waals surface area contributed by atoms with Gasteiger partial charge in [-0.25, -0.2) is 4.98 Å². The lowest BCUT2D eigenvalue weighted by Gasteiger charge is -2.17. The maximum Gasteiger partial charge on any atom is 0.128 e. The molecule has 2 nitrogen and oxygen atoms in total. The van der Waals surface area contributed by atoms with Crippen LogP contribution in [0, 0.1) is 6.92 Å². The molecule has 2 unspecified atom stereocenters. The first-order chi connectivity index (χ1) is 9.97. The molecular weight excluding hydrogens is 368 g/mol. The number of aryl methyl sites for hydroxylation is 1. The van der Waals surface area contributed by atoms with Crippen molar-refractivity contribution < 1.29 is 0 Å². The van der Waals surface area contributed by atoms with Crippen molar-refractivity contribution >= 4 is 49.9 Å². The summed E-state index contributed by atoms with van der Waals surface area (Å²) in [5.41, 5.74) is 2.10. The molecule has 110 valence electrons. The van der Waals surface area contributed by atoms with Crippen LogP contribution in [0.25, 0.3) is 11.0 Å². The van der Waals surface area contributed by atoms with Gasteiger partial charge < -0.3 is 4.57 Å². The molecule has 0 N–H and O–H groups in total. The van der Waals surface area contributed by atoms with E-state index in [0.717, 1.165) is 21.3 Å². The zero-order valence-corrected chi connectivity index (χ0v) is 15.3. The summed E-state index contributed by atoms with van der Waals surface area (Å²) in [7, 11) is 0. The molecule has 1 aromatic carbocycles. The molecule has 0 aliphatic heterocycles. The van der Waals surface area contributed by atoms with Crippen molar-refractivity contribution in [1.82, 2.24) is 9.55 Å². The highest BCUT2D eigenvalue weighted by atomic mass is 79.9. The summed E-state index contributed by atoms with van der Waals surface area (Å²) in [4.78, 5) is 7.38. The Hall–Kier alpha value is -0.840. The summed E-state index contributed by atoms with van der Waals surface area (Å²) in [6.07, 6.45) is 0. The quantitative estimate of drug-likeness (QED) is 0.501. The van der Waals surface area contributed by atoms with Crippen molar-refractivity contribution in [3.63, 3.8) is 0 Å². The number of benzene rings is 1. The fourth-order valence-electron chi connectivity index (χ4n) is 2.58. The Kier molecular flexibility index (Phi) is 4.12. The van der Waals surface area contributed by atoms with Crippen LogP contribution in [0.4, 0.5) is 0 Å². The number of aromatic nitrogens is 2. The van der Waals surface area contributed by atoms with Gasteiger partial charge in [-0.15, -0.1) is 22.9 Å². The first-order valence-electron chi connectivity index (χ1n) is 6.85. The van der Waals surface area contributed by atoms with Gasteiger partial charge in [0.05, 0.1) is 22.5 Å². The van der Waals surface area contributed by atoms with E-state index in [1.807, 2.05) is 24.3 Å². The molecule has 0 saturated carbocycles. The number of imidazole rings is 1. The second-order valence-electron chi connectivity index (χ2n) is 5.21. The third-order valence-electron chi connectivity index (χ3n) is 3.59. The minimum Gasteiger partial charge on any atom is -0.319 e. The van der Waals surface area contributed by atoms with Crippen LogP contribution >= 0.6 is 38.9 Å². The summed E-state index contributed by atoms with van der Waals surface area (Å²) >= 11 is 11.7. The van der Waals surface area contributed by atoms with Gasteiger partial charge >= 0.3 is 0 Å². The lowest BCUT2D eigenvalue weighted by Crippen LogP contribution is -2.10. The molecule has 5 heteroatoms. The van der Waals surface area contributed by atoms with E-state index in [1.54, 1.807) is 0 Å². The minimum absolute atomic E-state index is 0.125. The van der Waals surface area contributed by atoms with Gasteiger partial charge in [0.2, 0.25) is 0 Å². The lowest BCUT2D eigenvalue weighted by molar-refractivity contribution is 0.628. The molecule has 3 aromatic rings. The standard InChI is InChI=1S/C16H16BrClN2S/c1-9-4-7-15(21-9)11(3)20-14-6-5-12(17)8-13(14)19-16(20)10(2)18/h4-8,10-11H,1-3H3. The average molecular weight is 384 g/mol. The van der Waals surface area contributed by atoms with Gasteiger partial charge in [0.15, 0.2) is 0 Å². The zero-order valence-electron chi connectivity index (χ0n) is 12.1. The fraction of sp³-hybridized carbons (Fsp3) is 0.312. The number of hydrogen-bond donors (Lipinski definition) is 0. The minimum atomic E-state index is -0.125. The molecular formula is C16H16BrClN2S. The smallest absolute Gasteiger partial charge is 0.128 e. The van der Waals surface area contributed by atoms with Crippen LogP contribution in [-0.2, 0) is 0 Å². The van der Waals surface area contributed by atoms with Crippen molar-refractivity contribution in [3.05, 3.63) is 50.4 Å². The molecule has 2 heterocycles. The van der Waals surface area contributed by atoms with Gasteiger partial charge in [0.25, 0.3) is 0 Å². The summed E-state index contributed by atoms with van der Waals surface area (Å²) in [6.45, 7) is 6.31. The Labute approximate surface area is 141 Å². The van der Waals surface area contributed by atoms with Crippen LogP contribution < -0.4 is 0 Å². The van der Waals surface area contributed by atoms with Crippen LogP contribution in [0.2, 0.25) is 0 Å². The van der Waals surface area contributed by atoms with Crippen molar-refractivity contribution in [2.75, 3.05) is 0 Å². The topological polar surface area (TPSA) is 17.8 Å². The second-order valence-corrected chi connectivity index (χ2v) is 8.10. The number of fused-ring (bicyclic) bond motifs is 1. The Bertz CT molecular complexity index is 791. The average Bonchev–Trinajstić information content (AvgIpc) is 3.01. The van der Waals surface area contributed by atoms with Gasteiger partial charge in [-0.1, -0.05) is 15.9 Å². The van der Waals surface area contributed by atoms with E-state index in [1.165, 1.54) is 9.75 Å². The SMILES string of the molecule is Cc1ccc(C(C)n2c(C(C)Cl)nc3cc(Br)ccc32)s1. The van der Waals surface area contributed by atoms with E-state index in [9.17, 15) is 0 Å². The van der Waals surface area contributed by atoms with Crippen molar-refractivity contribution in [3.8, 4) is 0 Å². The molecule has 21 heavy (non-hydrogen) atoms. The number of rotatable bonds is 3. The normalized spacial score (nSPS) is 14.5. The fourth-order valence-corrected chi connectivity index (χ4v) is 4.01. The van der Waals surface area contributed by atoms with E-state index in [-0.39, 0.29) is 11.4 Å². The third kappa shape index (κ3) is 2.77. The Morgan fingerprint density at radius 1 is 1.24 bits per heavy atom. The van der Waals surface area contributed by atoms with Crippen molar-refractivity contribution in [2.24, 2.45) is 0 Å². The lowest BCUT2D eigenvalue weighted by atomic mass is 10.2. The third-order valence-corrected chi connectivity index (χ3v) is 5.45. The molecule has 0 radical (unpaired) electrons. The van der Waals surface area contributed by atoms with Crippen LogP contribution in [0.15, 0.2) is 34.8 Å². The molecule has 0 aliphatic carbocycles. The van der Waals surface area contributed by atoms with Gasteiger partial charge in [-0.3, -0.25) is 0 Å². The van der Waals surface area contributed by atoms with Gasteiger partial charge in [0.1, 0.15) is 5.82 Å². The first-order valence-corrected chi connectivity index (χ1v) is 8.89. The number of hydrogen-bond acceptors (Lipinski definition) is 2. The van der Waals surface area contributed by atoms with E-state index in [2.05, 4.69) is 58.6 Å². The van der Waals surface area contributed by atoms with E-state index in [0.29, 0.717) is 0 Å². The second kappa shape index (κ2) is 5.75. The molecule has 0 fully saturated rings. The Morgan fingerprint density at radius 2 is 2.00 bits per heavy atom. The van der Waals surface area contributed by atoms with E-state index in [4.69, 9.17) is 16.6 Å². The largest absolute Gasteiger partial charge is 0.319 e. The number of halogens is 2. The maximum atomic E-state index is 6.36. The molecule has 3 rings (SSSR count). The summed E-state index contributed by atoms with van der Waals surface area (Å²) < 4.78 is 3.29. The molecule has 2 aromatic heterocycles. The van der Waals surface area contributed by atoms with Crippen LogP contribution in [0.1, 0.15) is 40.8 Å². The van der Waals surface area contributed by atoms with E-state index >= 15 is 0 Å². The van der Waals surface area contributed by atoms with Gasteiger partial charge in [-0.2, -0.15) is 0 Å². The number of thiophene rings is 1. The molecule has 0 amide bonds. The monoisotopic (exact) mass is 382 g/mol. The Balaban J connectivity index is 2.21. The molecule has 0 spiro atoms. The maximum absolute atomic E-state index is 6.36. The van der Waals surface area contributed by atoms with E-state index < -0.39 is 0 Å². The van der Waals surface area contributed by atoms with Crippen molar-refractivity contribution in [2.45, 2.75) is 32.2 Å².